The third-order valence-corrected chi connectivity index (χ3v) is 10.3. The van der Waals surface area contributed by atoms with Crippen LogP contribution < -0.4 is 0 Å². The molecule has 3 saturated carbocycles. The van der Waals surface area contributed by atoms with Crippen molar-refractivity contribution in [1.29, 1.82) is 0 Å². The van der Waals surface area contributed by atoms with Gasteiger partial charge in [0.2, 0.25) is 0 Å². The molecule has 3 aliphatic carbocycles. The van der Waals surface area contributed by atoms with E-state index >= 15 is 0 Å². The minimum absolute atomic E-state index is 0.199. The third-order valence-electron chi connectivity index (χ3n) is 10.3. The lowest BCUT2D eigenvalue weighted by atomic mass is 9.91. The van der Waals surface area contributed by atoms with Crippen LogP contribution in [0, 0.1) is 0 Å². The Kier molecular flexibility index (Phi) is 10.9. The van der Waals surface area contributed by atoms with Gasteiger partial charge in [-0.3, -0.25) is 30.0 Å². The molecule has 48 heavy (non-hydrogen) atoms. The molecule has 6 bridgehead atoms. The number of hydrogen-bond donors (Lipinski definition) is 0. The Balaban J connectivity index is 1.20. The van der Waals surface area contributed by atoms with Gasteiger partial charge in [-0.25, -0.2) is 0 Å². The summed E-state index contributed by atoms with van der Waals surface area (Å²) in [6, 6.07) is 26.9. The summed E-state index contributed by atoms with van der Waals surface area (Å²) in [5, 5.41) is 0. The number of rotatable bonds is 0. The van der Waals surface area contributed by atoms with E-state index in [1.54, 1.807) is 0 Å². The number of hydrogen-bond acceptors (Lipinski definition) is 6. The Bertz CT molecular complexity index is 1390. The van der Waals surface area contributed by atoms with Gasteiger partial charge in [-0.15, -0.1) is 0 Å². The number of aliphatic imine (C=N–C) groups is 6. The maximum atomic E-state index is 5.09. The predicted molar refractivity (Wildman–Crippen MR) is 203 cm³/mol. The SMILES string of the molecule is C1=NC2CCCCC2N=Cc2cccc(c2)C=NC2CCCCC2N=Cc2cccc(c2)C=NC2CCCCC2N=Cc2cccc1c2. The smallest absolute Gasteiger partial charge is 0.0723 e. The Hall–Kier alpha value is -4.32. The molecule has 0 radical (unpaired) electrons. The zero-order chi connectivity index (χ0) is 32.4. The molecule has 6 heteroatoms. The second kappa shape index (κ2) is 16.2. The van der Waals surface area contributed by atoms with Crippen LogP contribution in [0.1, 0.15) is 110 Å². The molecule has 3 aromatic rings. The Morgan fingerprint density at radius 1 is 0.292 bits per heavy atom. The van der Waals surface area contributed by atoms with Crippen LogP contribution in [0.2, 0.25) is 0 Å². The highest BCUT2D eigenvalue weighted by Crippen LogP contribution is 2.27. The van der Waals surface area contributed by atoms with Crippen molar-refractivity contribution in [3.63, 3.8) is 0 Å². The molecule has 0 aromatic heterocycles. The molecule has 0 spiro atoms. The average molecular weight is 637 g/mol. The quantitative estimate of drug-likeness (QED) is 0.237. The maximum absolute atomic E-state index is 5.09. The highest BCUT2D eigenvalue weighted by atomic mass is 14.9. The Morgan fingerprint density at radius 3 is 0.667 bits per heavy atom. The van der Waals surface area contributed by atoms with Crippen molar-refractivity contribution >= 4 is 37.3 Å². The first kappa shape index (κ1) is 32.2. The van der Waals surface area contributed by atoms with Crippen molar-refractivity contribution in [3.8, 4) is 0 Å². The van der Waals surface area contributed by atoms with Gasteiger partial charge < -0.3 is 0 Å². The lowest BCUT2D eigenvalue weighted by molar-refractivity contribution is 0.390. The second-order valence-corrected chi connectivity index (χ2v) is 13.9. The van der Waals surface area contributed by atoms with Crippen LogP contribution in [0.5, 0.6) is 0 Å². The second-order valence-electron chi connectivity index (χ2n) is 13.9. The zero-order valence-corrected chi connectivity index (χ0v) is 28.0. The molecule has 1 heterocycles. The molecule has 6 atom stereocenters. The van der Waals surface area contributed by atoms with E-state index < -0.39 is 0 Å². The van der Waals surface area contributed by atoms with Gasteiger partial charge in [0.25, 0.3) is 0 Å². The van der Waals surface area contributed by atoms with Crippen molar-refractivity contribution < 1.29 is 0 Å². The van der Waals surface area contributed by atoms with Crippen LogP contribution in [-0.4, -0.2) is 73.5 Å². The van der Waals surface area contributed by atoms with E-state index in [1.165, 1.54) is 38.5 Å². The fourth-order valence-electron chi connectivity index (χ4n) is 7.57. The van der Waals surface area contributed by atoms with E-state index in [2.05, 4.69) is 72.8 Å². The normalized spacial score (nSPS) is 27.8. The van der Waals surface area contributed by atoms with Crippen molar-refractivity contribution in [2.45, 2.75) is 113 Å². The molecule has 3 fully saturated rings. The molecule has 4 aliphatic rings. The summed E-state index contributed by atoms with van der Waals surface area (Å²) in [6.45, 7) is 0. The summed E-state index contributed by atoms with van der Waals surface area (Å²) in [4.78, 5) is 30.5. The van der Waals surface area contributed by atoms with Gasteiger partial charge in [-0.1, -0.05) is 93.1 Å². The summed E-state index contributed by atoms with van der Waals surface area (Å²) in [5.41, 5.74) is 6.66. The van der Waals surface area contributed by atoms with Crippen LogP contribution in [-0.2, 0) is 0 Å². The van der Waals surface area contributed by atoms with Gasteiger partial charge in [0, 0.05) is 37.3 Å². The van der Waals surface area contributed by atoms with Gasteiger partial charge in [0.1, 0.15) is 0 Å². The Labute approximate surface area is 286 Å². The van der Waals surface area contributed by atoms with Gasteiger partial charge in [-0.05, 0) is 90.1 Å². The first-order valence-corrected chi connectivity index (χ1v) is 18.2. The highest BCUT2D eigenvalue weighted by Gasteiger charge is 2.25. The molecule has 0 amide bonds. The highest BCUT2D eigenvalue weighted by molar-refractivity contribution is 5.88. The van der Waals surface area contributed by atoms with Gasteiger partial charge in [0.05, 0.1) is 36.3 Å². The number of fused-ring (bicyclic) bond motifs is 9. The predicted octanol–water partition coefficient (Wildman–Crippen LogP) is 8.55. The monoisotopic (exact) mass is 636 g/mol. The molecule has 1 aliphatic heterocycles. The van der Waals surface area contributed by atoms with E-state index in [4.69, 9.17) is 30.0 Å². The molecular formula is C42H48N6. The van der Waals surface area contributed by atoms with Crippen molar-refractivity contribution in [2.75, 3.05) is 0 Å². The summed E-state index contributed by atoms with van der Waals surface area (Å²) in [7, 11) is 0. The van der Waals surface area contributed by atoms with E-state index in [1.807, 2.05) is 37.3 Å². The van der Waals surface area contributed by atoms with Crippen molar-refractivity contribution in [3.05, 3.63) is 106 Å². The summed E-state index contributed by atoms with van der Waals surface area (Å²) >= 11 is 0. The van der Waals surface area contributed by atoms with Crippen LogP contribution in [0.15, 0.2) is 103 Å². The van der Waals surface area contributed by atoms with E-state index in [9.17, 15) is 0 Å². The molecule has 3 aromatic carbocycles. The van der Waals surface area contributed by atoms with Crippen molar-refractivity contribution in [2.24, 2.45) is 30.0 Å². The lowest BCUT2D eigenvalue weighted by Gasteiger charge is -2.25. The van der Waals surface area contributed by atoms with E-state index in [0.29, 0.717) is 0 Å². The van der Waals surface area contributed by atoms with Gasteiger partial charge >= 0.3 is 0 Å². The zero-order valence-electron chi connectivity index (χ0n) is 28.0. The maximum Gasteiger partial charge on any atom is 0.0723 e. The molecular weight excluding hydrogens is 589 g/mol. The topological polar surface area (TPSA) is 74.2 Å². The van der Waals surface area contributed by atoms with E-state index in [0.717, 1.165) is 71.9 Å². The largest absolute Gasteiger partial charge is 0.287 e. The van der Waals surface area contributed by atoms with Gasteiger partial charge in [0.15, 0.2) is 0 Å². The molecule has 6 nitrogen and oxygen atoms in total. The first-order chi connectivity index (χ1) is 23.7. The minimum atomic E-state index is 0.199. The molecule has 246 valence electrons. The van der Waals surface area contributed by atoms with Crippen LogP contribution in [0.25, 0.3) is 0 Å². The fourth-order valence-corrected chi connectivity index (χ4v) is 7.57. The van der Waals surface area contributed by atoms with Crippen LogP contribution >= 0.6 is 0 Å². The Morgan fingerprint density at radius 2 is 0.479 bits per heavy atom. The van der Waals surface area contributed by atoms with Crippen LogP contribution in [0.3, 0.4) is 0 Å². The average Bonchev–Trinajstić information content (AvgIpc) is 3.14. The standard InChI is InChI=1S/C42H48N6/c1-2-17-38-37(16-1)43-25-31-10-7-12-33(22-31)27-45-39-18-3-4-19-40(39)47-29-35-14-9-15-36(24-35)30-48-42-21-6-5-20-41(42)46-28-34-13-8-11-32(23-34)26-44-38/h7-15,22-30,37-42H,1-6,16-21H2. The van der Waals surface area contributed by atoms with Gasteiger partial charge in [-0.2, -0.15) is 0 Å². The minimum Gasteiger partial charge on any atom is -0.287 e. The number of benzene rings is 3. The third kappa shape index (κ3) is 8.77. The van der Waals surface area contributed by atoms with Crippen LogP contribution in [0.4, 0.5) is 0 Å². The molecule has 0 saturated heterocycles. The molecule has 0 N–H and O–H groups in total. The summed E-state index contributed by atoms with van der Waals surface area (Å²) in [5.74, 6) is 0. The fraction of sp³-hybridized carbons (Fsp3) is 0.429. The number of nitrogens with zero attached hydrogens (tertiary/aromatic N) is 6. The molecule has 6 unspecified atom stereocenters. The lowest BCUT2D eigenvalue weighted by Crippen LogP contribution is -2.27. The first-order valence-electron chi connectivity index (χ1n) is 18.2. The molecule has 7 rings (SSSR count). The van der Waals surface area contributed by atoms with Crippen molar-refractivity contribution in [1.82, 2.24) is 0 Å². The summed E-state index contributed by atoms with van der Waals surface area (Å²) in [6.07, 6.45) is 25.9. The summed E-state index contributed by atoms with van der Waals surface area (Å²) < 4.78 is 0. The van der Waals surface area contributed by atoms with E-state index in [-0.39, 0.29) is 36.3 Å².